The van der Waals surface area contributed by atoms with Gasteiger partial charge in [-0.05, 0) is 42.8 Å². The van der Waals surface area contributed by atoms with E-state index in [9.17, 15) is 0 Å². The molecule has 0 aliphatic carbocycles. The summed E-state index contributed by atoms with van der Waals surface area (Å²) >= 11 is 0. The van der Waals surface area contributed by atoms with Gasteiger partial charge in [0, 0.05) is 23.6 Å². The van der Waals surface area contributed by atoms with Gasteiger partial charge in [-0.15, -0.1) is 0 Å². The molecule has 4 nitrogen and oxygen atoms in total. The smallest absolute Gasteiger partial charge is 0.212 e. The van der Waals surface area contributed by atoms with E-state index in [0.29, 0.717) is 17.2 Å². The van der Waals surface area contributed by atoms with E-state index in [0.717, 1.165) is 17.8 Å². The average molecular weight is 477 g/mol. The van der Waals surface area contributed by atoms with Crippen LogP contribution in [0.3, 0.4) is 0 Å². The van der Waals surface area contributed by atoms with Crippen molar-refractivity contribution in [1.29, 1.82) is 0 Å². The molecule has 0 atom stereocenters. The van der Waals surface area contributed by atoms with Crippen molar-refractivity contribution in [3.63, 3.8) is 0 Å². The number of halogens is 1. The van der Waals surface area contributed by atoms with E-state index >= 15 is 0 Å². The standard InChI is InChI=1S/C22H24NO3.HI/c1-5-23-18(13-11-17-8-6-7-9-19(17)23)12-10-16-14-20(24-2)22(26-4)21(15-16)25-3;/h6-15H,5H2,1-4H3;1H/q+1;/p-1. The Bertz CT molecular complexity index is 928. The van der Waals surface area contributed by atoms with Crippen molar-refractivity contribution in [2.45, 2.75) is 13.5 Å². The van der Waals surface area contributed by atoms with Crippen LogP contribution in [0.15, 0.2) is 48.5 Å². The van der Waals surface area contributed by atoms with Crippen molar-refractivity contribution in [2.24, 2.45) is 0 Å². The highest BCUT2D eigenvalue weighted by atomic mass is 127. The van der Waals surface area contributed by atoms with Gasteiger partial charge in [0.05, 0.1) is 21.3 Å². The monoisotopic (exact) mass is 477 g/mol. The third kappa shape index (κ3) is 4.35. The minimum atomic E-state index is 0. The largest absolute Gasteiger partial charge is 1.00 e. The molecule has 0 saturated carbocycles. The molecule has 27 heavy (non-hydrogen) atoms. The number of para-hydroxylation sites is 1. The summed E-state index contributed by atoms with van der Waals surface area (Å²) in [5.74, 6) is 1.89. The van der Waals surface area contributed by atoms with Gasteiger partial charge in [0.25, 0.3) is 0 Å². The maximum atomic E-state index is 5.43. The third-order valence-corrected chi connectivity index (χ3v) is 4.42. The predicted octanol–water partition coefficient (Wildman–Crippen LogP) is 1.35. The van der Waals surface area contributed by atoms with Crippen molar-refractivity contribution in [2.75, 3.05) is 21.3 Å². The Balaban J connectivity index is 0.00000261. The molecule has 1 aromatic heterocycles. The minimum Gasteiger partial charge on any atom is -1.00 e. The zero-order valence-corrected chi connectivity index (χ0v) is 18.2. The van der Waals surface area contributed by atoms with Crippen LogP contribution in [0, 0.1) is 0 Å². The second-order valence-electron chi connectivity index (χ2n) is 5.85. The molecule has 0 N–H and O–H groups in total. The molecule has 0 aliphatic rings. The molecule has 3 aromatic rings. The van der Waals surface area contributed by atoms with E-state index in [1.807, 2.05) is 12.1 Å². The number of benzene rings is 2. The SMILES string of the molecule is CC[n+]1c(C=Cc2cc(OC)c(OC)c(OC)c2)ccc2ccccc21.[I-]. The fraction of sp³-hybridized carbons (Fsp3) is 0.227. The van der Waals surface area contributed by atoms with Gasteiger partial charge in [-0.3, -0.25) is 0 Å². The van der Waals surface area contributed by atoms with Gasteiger partial charge in [-0.1, -0.05) is 12.1 Å². The number of hydrogen-bond acceptors (Lipinski definition) is 3. The van der Waals surface area contributed by atoms with Crippen LogP contribution in [0.1, 0.15) is 18.2 Å². The number of methoxy groups -OCH3 is 3. The normalized spacial score (nSPS) is 10.7. The first-order valence-corrected chi connectivity index (χ1v) is 8.61. The summed E-state index contributed by atoms with van der Waals surface area (Å²) in [4.78, 5) is 0. The zero-order valence-electron chi connectivity index (χ0n) is 16.0. The molecule has 0 saturated heterocycles. The first kappa shape index (κ1) is 21.0. The van der Waals surface area contributed by atoms with Gasteiger partial charge in [-0.2, -0.15) is 4.57 Å². The second kappa shape index (κ2) is 9.60. The number of rotatable bonds is 6. The highest BCUT2D eigenvalue weighted by Gasteiger charge is 2.14. The molecule has 0 radical (unpaired) electrons. The van der Waals surface area contributed by atoms with E-state index in [2.05, 4.69) is 60.0 Å². The Morgan fingerprint density at radius 1 is 0.852 bits per heavy atom. The zero-order chi connectivity index (χ0) is 18.5. The first-order chi connectivity index (χ1) is 12.7. The molecule has 0 unspecified atom stereocenters. The van der Waals surface area contributed by atoms with Gasteiger partial charge in [0.2, 0.25) is 17.0 Å². The number of fused-ring (bicyclic) bond motifs is 1. The minimum absolute atomic E-state index is 0. The molecule has 2 aromatic carbocycles. The van der Waals surface area contributed by atoms with E-state index in [4.69, 9.17) is 14.2 Å². The Hall–Kier alpha value is -2.28. The van der Waals surface area contributed by atoms with Crippen molar-refractivity contribution in [3.8, 4) is 17.2 Å². The number of aryl methyl sites for hydroxylation is 1. The van der Waals surface area contributed by atoms with Crippen LogP contribution in [0.2, 0.25) is 0 Å². The quantitative estimate of drug-likeness (QED) is 0.397. The first-order valence-electron chi connectivity index (χ1n) is 8.61. The molecule has 0 spiro atoms. The lowest BCUT2D eigenvalue weighted by molar-refractivity contribution is -0.669. The number of pyridine rings is 1. The lowest BCUT2D eigenvalue weighted by atomic mass is 10.1. The van der Waals surface area contributed by atoms with Gasteiger partial charge in [0.15, 0.2) is 11.5 Å². The molecule has 3 rings (SSSR count). The van der Waals surface area contributed by atoms with E-state index in [1.54, 1.807) is 21.3 Å². The summed E-state index contributed by atoms with van der Waals surface area (Å²) in [7, 11) is 4.85. The second-order valence-corrected chi connectivity index (χ2v) is 5.85. The Morgan fingerprint density at radius 3 is 2.11 bits per heavy atom. The van der Waals surface area contributed by atoms with E-state index < -0.39 is 0 Å². The van der Waals surface area contributed by atoms with Crippen LogP contribution in [0.4, 0.5) is 0 Å². The summed E-state index contributed by atoms with van der Waals surface area (Å²) in [6, 6.07) is 16.6. The maximum absolute atomic E-state index is 5.43. The topological polar surface area (TPSA) is 31.6 Å². The van der Waals surface area contributed by atoms with Crippen LogP contribution >= 0.6 is 0 Å². The summed E-state index contributed by atoms with van der Waals surface area (Å²) in [5, 5.41) is 1.24. The molecular weight excluding hydrogens is 453 g/mol. The number of ether oxygens (including phenoxy) is 3. The molecule has 0 aliphatic heterocycles. The lowest BCUT2D eigenvalue weighted by Crippen LogP contribution is -3.00. The molecule has 142 valence electrons. The van der Waals surface area contributed by atoms with E-state index in [1.165, 1.54) is 10.9 Å². The van der Waals surface area contributed by atoms with Gasteiger partial charge < -0.3 is 38.2 Å². The molecular formula is C22H24INO3. The van der Waals surface area contributed by atoms with E-state index in [-0.39, 0.29) is 24.0 Å². The molecule has 1 heterocycles. The van der Waals surface area contributed by atoms with Crippen molar-refractivity contribution in [3.05, 3.63) is 59.8 Å². The predicted molar refractivity (Wildman–Crippen MR) is 105 cm³/mol. The van der Waals surface area contributed by atoms with Gasteiger partial charge in [-0.25, -0.2) is 0 Å². The Labute approximate surface area is 177 Å². The molecule has 0 bridgehead atoms. The van der Waals surface area contributed by atoms with Crippen molar-refractivity contribution < 1.29 is 42.8 Å². The summed E-state index contributed by atoms with van der Waals surface area (Å²) in [5.41, 5.74) is 3.34. The molecule has 0 amide bonds. The van der Waals surface area contributed by atoms with Crippen molar-refractivity contribution in [1.82, 2.24) is 0 Å². The average Bonchev–Trinajstić information content (AvgIpc) is 2.70. The van der Waals surface area contributed by atoms with Crippen LogP contribution in [-0.4, -0.2) is 21.3 Å². The number of hydrogen-bond donors (Lipinski definition) is 0. The Morgan fingerprint density at radius 2 is 1.52 bits per heavy atom. The van der Waals surface area contributed by atoms with Crippen LogP contribution in [0.25, 0.3) is 23.1 Å². The van der Waals surface area contributed by atoms with Gasteiger partial charge in [0.1, 0.15) is 6.54 Å². The number of nitrogens with zero attached hydrogens (tertiary/aromatic N) is 1. The third-order valence-electron chi connectivity index (χ3n) is 4.42. The van der Waals surface area contributed by atoms with Gasteiger partial charge >= 0.3 is 0 Å². The summed E-state index contributed by atoms with van der Waals surface area (Å²) in [6.45, 7) is 3.06. The highest BCUT2D eigenvalue weighted by molar-refractivity contribution is 5.77. The number of aromatic nitrogens is 1. The molecule has 5 heteroatoms. The maximum Gasteiger partial charge on any atom is 0.212 e. The van der Waals surface area contributed by atoms with Crippen LogP contribution in [0.5, 0.6) is 17.2 Å². The fourth-order valence-corrected chi connectivity index (χ4v) is 3.16. The summed E-state index contributed by atoms with van der Waals surface area (Å²) < 4.78 is 18.5. The lowest BCUT2D eigenvalue weighted by Gasteiger charge is -2.12. The summed E-state index contributed by atoms with van der Waals surface area (Å²) in [6.07, 6.45) is 4.16. The Kier molecular flexibility index (Phi) is 7.47. The van der Waals surface area contributed by atoms with Crippen LogP contribution in [-0.2, 0) is 6.54 Å². The fourth-order valence-electron chi connectivity index (χ4n) is 3.16. The van der Waals surface area contributed by atoms with Crippen LogP contribution < -0.4 is 42.8 Å². The van der Waals surface area contributed by atoms with Crippen molar-refractivity contribution >= 4 is 23.1 Å². The highest BCUT2D eigenvalue weighted by Crippen LogP contribution is 2.38. The molecule has 0 fully saturated rings.